The molecular formula is C22H25N5O. The van der Waals surface area contributed by atoms with Gasteiger partial charge in [-0.3, -0.25) is 0 Å². The van der Waals surface area contributed by atoms with E-state index >= 15 is 0 Å². The number of carbonyl (C=O) groups excluding carboxylic acids is 1. The third-order valence-corrected chi connectivity index (χ3v) is 5.27. The number of nitrogens with zero attached hydrogens (tertiary/aromatic N) is 4. The van der Waals surface area contributed by atoms with E-state index in [1.54, 1.807) is 0 Å². The average Bonchev–Trinajstić information content (AvgIpc) is 2.70. The second kappa shape index (κ2) is 7.46. The van der Waals surface area contributed by atoms with Crippen molar-refractivity contribution in [2.75, 3.05) is 36.4 Å². The van der Waals surface area contributed by atoms with E-state index in [0.29, 0.717) is 13.1 Å². The first kappa shape index (κ1) is 18.2. The van der Waals surface area contributed by atoms with Crippen molar-refractivity contribution in [2.45, 2.75) is 20.8 Å². The Kier molecular flexibility index (Phi) is 4.86. The molecule has 2 heterocycles. The predicted molar refractivity (Wildman–Crippen MR) is 113 cm³/mol. The van der Waals surface area contributed by atoms with E-state index in [2.05, 4.69) is 52.5 Å². The molecule has 1 N–H and O–H groups in total. The Hall–Kier alpha value is -3.15. The number of aryl methyl sites for hydroxylation is 3. The molecule has 2 aromatic carbocycles. The van der Waals surface area contributed by atoms with Crippen molar-refractivity contribution >= 4 is 28.3 Å². The van der Waals surface area contributed by atoms with E-state index in [0.717, 1.165) is 35.4 Å². The smallest absolute Gasteiger partial charge is 0.321 e. The summed E-state index contributed by atoms with van der Waals surface area (Å²) in [6, 6.07) is 14.1. The van der Waals surface area contributed by atoms with Crippen molar-refractivity contribution in [1.82, 2.24) is 15.1 Å². The van der Waals surface area contributed by atoms with Crippen molar-refractivity contribution < 1.29 is 4.79 Å². The molecule has 1 aliphatic heterocycles. The van der Waals surface area contributed by atoms with Crippen molar-refractivity contribution in [3.8, 4) is 0 Å². The molecule has 0 bridgehead atoms. The molecule has 4 rings (SSSR count). The molecule has 6 nitrogen and oxygen atoms in total. The van der Waals surface area contributed by atoms with E-state index < -0.39 is 0 Å². The fourth-order valence-corrected chi connectivity index (χ4v) is 3.68. The highest BCUT2D eigenvalue weighted by atomic mass is 16.2. The van der Waals surface area contributed by atoms with Gasteiger partial charge in [-0.15, -0.1) is 0 Å². The van der Waals surface area contributed by atoms with Crippen LogP contribution in [0.3, 0.4) is 0 Å². The summed E-state index contributed by atoms with van der Waals surface area (Å²) in [6.45, 7) is 9.21. The molecule has 0 spiro atoms. The number of piperazine rings is 1. The minimum Gasteiger partial charge on any atom is -0.368 e. The maximum Gasteiger partial charge on any atom is 0.321 e. The largest absolute Gasteiger partial charge is 0.368 e. The van der Waals surface area contributed by atoms with Crippen molar-refractivity contribution in [3.05, 3.63) is 59.3 Å². The molecule has 0 aliphatic carbocycles. The number of rotatable bonds is 2. The van der Waals surface area contributed by atoms with Gasteiger partial charge in [0.15, 0.2) is 0 Å². The Balaban J connectivity index is 1.45. The molecule has 28 heavy (non-hydrogen) atoms. The minimum absolute atomic E-state index is 0.0671. The fourth-order valence-electron chi connectivity index (χ4n) is 3.68. The van der Waals surface area contributed by atoms with Crippen molar-refractivity contribution in [1.29, 1.82) is 0 Å². The fraction of sp³-hybridized carbons (Fsp3) is 0.318. The number of hydrogen-bond donors (Lipinski definition) is 1. The van der Waals surface area contributed by atoms with Crippen LogP contribution < -0.4 is 10.2 Å². The number of urea groups is 1. The summed E-state index contributed by atoms with van der Waals surface area (Å²) in [5, 5.41) is 12.3. The highest BCUT2D eigenvalue weighted by molar-refractivity contribution is 6.00. The first-order chi connectivity index (χ1) is 13.5. The van der Waals surface area contributed by atoms with Gasteiger partial charge in [-0.2, -0.15) is 10.2 Å². The maximum absolute atomic E-state index is 12.8. The summed E-state index contributed by atoms with van der Waals surface area (Å²) in [4.78, 5) is 17.1. The van der Waals surface area contributed by atoms with Gasteiger partial charge in [0.25, 0.3) is 0 Å². The van der Waals surface area contributed by atoms with E-state index in [1.165, 1.54) is 16.8 Å². The Morgan fingerprint density at radius 1 is 0.964 bits per heavy atom. The van der Waals surface area contributed by atoms with Crippen LogP contribution in [0.2, 0.25) is 0 Å². The Morgan fingerprint density at radius 2 is 1.75 bits per heavy atom. The Bertz CT molecular complexity index is 1020. The molecule has 1 saturated heterocycles. The van der Waals surface area contributed by atoms with Gasteiger partial charge in [0.1, 0.15) is 0 Å². The zero-order valence-corrected chi connectivity index (χ0v) is 16.6. The average molecular weight is 375 g/mol. The highest BCUT2D eigenvalue weighted by Crippen LogP contribution is 2.24. The Morgan fingerprint density at radius 3 is 2.54 bits per heavy atom. The van der Waals surface area contributed by atoms with Gasteiger partial charge in [0.2, 0.25) is 0 Å². The lowest BCUT2D eigenvalue weighted by Gasteiger charge is -2.37. The lowest BCUT2D eigenvalue weighted by molar-refractivity contribution is 0.208. The van der Waals surface area contributed by atoms with E-state index in [-0.39, 0.29) is 6.03 Å². The first-order valence-electron chi connectivity index (χ1n) is 9.62. The van der Waals surface area contributed by atoms with Gasteiger partial charge >= 0.3 is 6.03 Å². The summed E-state index contributed by atoms with van der Waals surface area (Å²) in [7, 11) is 0. The molecule has 1 fully saturated rings. The Labute approximate surface area is 165 Å². The molecule has 144 valence electrons. The summed E-state index contributed by atoms with van der Waals surface area (Å²) in [5.41, 5.74) is 6.19. The second-order valence-electron chi connectivity index (χ2n) is 7.42. The normalized spacial score (nSPS) is 14.4. The number of anilines is 2. The van der Waals surface area contributed by atoms with Crippen molar-refractivity contribution in [3.63, 3.8) is 0 Å². The van der Waals surface area contributed by atoms with Crippen LogP contribution >= 0.6 is 0 Å². The first-order valence-corrected chi connectivity index (χ1v) is 9.62. The van der Waals surface area contributed by atoms with E-state index in [9.17, 15) is 4.79 Å². The van der Waals surface area contributed by atoms with Gasteiger partial charge in [0, 0.05) is 37.3 Å². The van der Waals surface area contributed by atoms with Gasteiger partial charge < -0.3 is 15.1 Å². The number of benzene rings is 2. The zero-order chi connectivity index (χ0) is 19.7. The van der Waals surface area contributed by atoms with E-state index in [4.69, 9.17) is 0 Å². The van der Waals surface area contributed by atoms with Crippen LogP contribution in [-0.4, -0.2) is 47.3 Å². The van der Waals surface area contributed by atoms with Crippen molar-refractivity contribution in [2.24, 2.45) is 0 Å². The number of aromatic nitrogens is 2. The third kappa shape index (κ3) is 3.63. The van der Waals surface area contributed by atoms with E-state index in [1.807, 2.05) is 36.1 Å². The lowest BCUT2D eigenvalue weighted by Crippen LogP contribution is -2.50. The SMILES string of the molecule is Cc1ccc(C)c(N2CCN(C(=O)Nc3cccc4nnc(C)cc34)CC2)c1. The molecule has 0 radical (unpaired) electrons. The number of carbonyl (C=O) groups is 1. The zero-order valence-electron chi connectivity index (χ0n) is 16.6. The molecule has 0 atom stereocenters. The molecule has 0 saturated carbocycles. The monoisotopic (exact) mass is 375 g/mol. The highest BCUT2D eigenvalue weighted by Gasteiger charge is 2.22. The number of hydrogen-bond acceptors (Lipinski definition) is 4. The van der Waals surface area contributed by atoms with Gasteiger partial charge in [-0.1, -0.05) is 18.2 Å². The van der Waals surface area contributed by atoms with Gasteiger partial charge in [-0.25, -0.2) is 4.79 Å². The molecule has 3 aromatic rings. The number of fused-ring (bicyclic) bond motifs is 1. The second-order valence-corrected chi connectivity index (χ2v) is 7.42. The van der Waals surface area contributed by atoms with Crippen LogP contribution in [0, 0.1) is 20.8 Å². The number of nitrogens with one attached hydrogen (secondary N) is 1. The predicted octanol–water partition coefficient (Wildman–Crippen LogP) is 3.91. The van der Waals surface area contributed by atoms with Crippen LogP contribution in [0.1, 0.15) is 16.8 Å². The standard InChI is InChI=1S/C22H25N5O/c1-15-7-8-16(2)21(13-15)26-9-11-27(12-10-26)22(28)23-19-5-4-6-20-18(19)14-17(3)24-25-20/h4-8,13-14H,9-12H2,1-3H3,(H,23,28). The molecular weight excluding hydrogens is 350 g/mol. The molecule has 1 aliphatic rings. The summed E-state index contributed by atoms with van der Waals surface area (Å²) in [5.74, 6) is 0. The molecule has 6 heteroatoms. The molecule has 1 aromatic heterocycles. The maximum atomic E-state index is 12.8. The van der Waals surface area contributed by atoms with Crippen LogP contribution in [0.15, 0.2) is 42.5 Å². The summed E-state index contributed by atoms with van der Waals surface area (Å²) >= 11 is 0. The topological polar surface area (TPSA) is 61.4 Å². The lowest BCUT2D eigenvalue weighted by atomic mass is 10.1. The summed E-state index contributed by atoms with van der Waals surface area (Å²) in [6.07, 6.45) is 0. The van der Waals surface area contributed by atoms with Gasteiger partial charge in [-0.05, 0) is 56.2 Å². The summed E-state index contributed by atoms with van der Waals surface area (Å²) < 4.78 is 0. The third-order valence-electron chi connectivity index (χ3n) is 5.27. The quantitative estimate of drug-likeness (QED) is 0.738. The van der Waals surface area contributed by atoms with Crippen LogP contribution in [0.5, 0.6) is 0 Å². The molecule has 2 amide bonds. The van der Waals surface area contributed by atoms with Crippen LogP contribution in [0.25, 0.3) is 10.9 Å². The van der Waals surface area contributed by atoms with Crippen LogP contribution in [0.4, 0.5) is 16.2 Å². The van der Waals surface area contributed by atoms with Crippen LogP contribution in [-0.2, 0) is 0 Å². The minimum atomic E-state index is -0.0671. The number of amides is 2. The van der Waals surface area contributed by atoms with Gasteiger partial charge in [0.05, 0.1) is 16.9 Å². The molecule has 0 unspecified atom stereocenters.